The number of hydrogen-bond acceptors (Lipinski definition) is 7. The lowest BCUT2D eigenvalue weighted by atomic mass is 9.99. The second kappa shape index (κ2) is 13.0. The monoisotopic (exact) mass is 546 g/mol. The fourth-order valence-electron chi connectivity index (χ4n) is 4.66. The molecule has 2 aromatic rings. The minimum Gasteiger partial charge on any atom is -0.497 e. The van der Waals surface area contributed by atoms with Crippen molar-refractivity contribution in [2.45, 2.75) is 19.4 Å². The van der Waals surface area contributed by atoms with E-state index in [-0.39, 0.29) is 5.91 Å². The number of carbonyl (C=O) groups is 3. The van der Waals surface area contributed by atoms with E-state index in [1.807, 2.05) is 37.4 Å². The van der Waals surface area contributed by atoms with Crippen molar-refractivity contribution >= 4 is 23.7 Å². The van der Waals surface area contributed by atoms with Crippen LogP contribution < -0.4 is 15.4 Å². The summed E-state index contributed by atoms with van der Waals surface area (Å²) in [5, 5.41) is 17.5. The van der Waals surface area contributed by atoms with Gasteiger partial charge in [0.25, 0.3) is 11.8 Å². The van der Waals surface area contributed by atoms with Crippen LogP contribution in [0.3, 0.4) is 0 Å². The normalized spacial score (nSPS) is 19.0. The number of fused-ring (bicyclic) bond motifs is 1. The summed E-state index contributed by atoms with van der Waals surface area (Å²) in [7, 11) is 3.47. The van der Waals surface area contributed by atoms with E-state index in [4.69, 9.17) is 4.74 Å². The highest BCUT2D eigenvalue weighted by Gasteiger charge is 2.27. The highest BCUT2D eigenvalue weighted by atomic mass is 16.5. The molecule has 0 bridgehead atoms. The van der Waals surface area contributed by atoms with Crippen molar-refractivity contribution in [3.63, 3.8) is 0 Å². The lowest BCUT2D eigenvalue weighted by Gasteiger charge is -2.35. The summed E-state index contributed by atoms with van der Waals surface area (Å²) < 4.78 is 5.12. The Morgan fingerprint density at radius 2 is 1.80 bits per heavy atom. The molecule has 0 aromatic heterocycles. The van der Waals surface area contributed by atoms with Crippen molar-refractivity contribution in [2.24, 2.45) is 5.16 Å². The lowest BCUT2D eigenvalue weighted by Crippen LogP contribution is -2.48. The summed E-state index contributed by atoms with van der Waals surface area (Å²) in [5.74, 6) is 6.62. The molecule has 11 heteroatoms. The summed E-state index contributed by atoms with van der Waals surface area (Å²) in [5.41, 5.74) is 3.40. The second-order valence-electron chi connectivity index (χ2n) is 9.59. The molecule has 0 aliphatic carbocycles. The molecule has 11 nitrogen and oxygen atoms in total. The fourth-order valence-corrected chi connectivity index (χ4v) is 4.66. The van der Waals surface area contributed by atoms with Crippen LogP contribution in [0.5, 0.6) is 5.75 Å². The molecule has 2 aromatic carbocycles. The number of benzene rings is 2. The second-order valence-corrected chi connectivity index (χ2v) is 9.59. The van der Waals surface area contributed by atoms with Crippen LogP contribution in [0, 0.1) is 11.8 Å². The van der Waals surface area contributed by atoms with Crippen molar-refractivity contribution in [1.29, 1.82) is 0 Å². The van der Waals surface area contributed by atoms with Crippen molar-refractivity contribution in [3.05, 3.63) is 64.7 Å². The molecule has 3 heterocycles. The minimum atomic E-state index is -0.827. The molecule has 0 unspecified atom stereocenters. The van der Waals surface area contributed by atoms with Crippen LogP contribution in [0.2, 0.25) is 0 Å². The maximum atomic E-state index is 11.7. The number of carbonyl (C=O) groups excluding carboxylic acids is 3. The van der Waals surface area contributed by atoms with Gasteiger partial charge in [0, 0.05) is 56.5 Å². The molecule has 0 radical (unpaired) electrons. The van der Waals surface area contributed by atoms with Gasteiger partial charge in [-0.25, -0.2) is 4.79 Å². The number of likely N-dealkylation sites (N-methyl/N-ethyl adjacent to an activating group) is 2. The standard InChI is InChI=1S/C18H21N5O3.C11H13NO2/c1-2-22-9-11-23(12-10-22)16(21-26)14-6-3-13(4-7-14)5-8-15-17(24)20-18(25)19-15;1-12-6-5-8-7-9(14-2)3-4-10(8)11(12)13/h3-4,6-7,15,26H,2,9-12H2,1H3,(H2,19,20,24,25);3-4,7H,5-6H2,1-2H3/b21-16-;/t15-;/m0./s1. The highest BCUT2D eigenvalue weighted by molar-refractivity contribution is 6.06. The zero-order chi connectivity index (χ0) is 28.6. The highest BCUT2D eigenvalue weighted by Crippen LogP contribution is 2.22. The number of amidine groups is 1. The van der Waals surface area contributed by atoms with Crippen LogP contribution in [0.15, 0.2) is 47.6 Å². The average Bonchev–Trinajstić information content (AvgIpc) is 3.31. The third-order valence-electron chi connectivity index (χ3n) is 7.10. The van der Waals surface area contributed by atoms with E-state index in [1.165, 1.54) is 0 Å². The van der Waals surface area contributed by atoms with Gasteiger partial charge in [0.05, 0.1) is 7.11 Å². The van der Waals surface area contributed by atoms with Crippen LogP contribution in [-0.2, 0) is 11.2 Å². The Morgan fingerprint density at radius 1 is 1.07 bits per heavy atom. The molecule has 2 fully saturated rings. The van der Waals surface area contributed by atoms with Crippen molar-refractivity contribution < 1.29 is 24.3 Å². The van der Waals surface area contributed by atoms with E-state index in [9.17, 15) is 19.6 Å². The topological polar surface area (TPSA) is 127 Å². The molecule has 3 aliphatic heterocycles. The molecule has 210 valence electrons. The summed E-state index contributed by atoms with van der Waals surface area (Å²) in [6.07, 6.45) is 0.911. The van der Waals surface area contributed by atoms with Gasteiger partial charge in [0.2, 0.25) is 0 Å². The first kappa shape index (κ1) is 28.4. The number of amides is 4. The quantitative estimate of drug-likeness (QED) is 0.132. The molecule has 3 aliphatic rings. The Labute approximate surface area is 233 Å². The van der Waals surface area contributed by atoms with Crippen LogP contribution in [-0.4, -0.2) is 103 Å². The van der Waals surface area contributed by atoms with Gasteiger partial charge in [-0.3, -0.25) is 14.9 Å². The average molecular weight is 547 g/mol. The SMILES string of the molecule is CCN1CCN(/C(=N\O)c2ccc(C#C[C@@H]3NC(=O)NC3=O)cc2)CC1.COc1ccc2c(c1)CCN(C)C2=O. The van der Waals surface area contributed by atoms with E-state index < -0.39 is 18.0 Å². The number of oxime groups is 1. The first-order valence-corrected chi connectivity index (χ1v) is 13.2. The molecule has 2 saturated heterocycles. The number of rotatable bonds is 3. The maximum absolute atomic E-state index is 11.7. The van der Waals surface area contributed by atoms with Gasteiger partial charge >= 0.3 is 6.03 Å². The number of methoxy groups -OCH3 is 1. The number of nitrogens with zero attached hydrogens (tertiary/aromatic N) is 4. The van der Waals surface area contributed by atoms with Gasteiger partial charge in [-0.05, 0) is 61.0 Å². The number of piperazine rings is 1. The Balaban J connectivity index is 0.000000222. The Kier molecular flexibility index (Phi) is 9.24. The molecule has 4 amide bonds. The number of nitrogens with one attached hydrogen (secondary N) is 2. The van der Waals surface area contributed by atoms with Crippen LogP contribution >= 0.6 is 0 Å². The molecular weight excluding hydrogens is 512 g/mol. The first-order chi connectivity index (χ1) is 19.3. The summed E-state index contributed by atoms with van der Waals surface area (Å²) in [4.78, 5) is 40.4. The van der Waals surface area contributed by atoms with Crippen LogP contribution in [0.25, 0.3) is 0 Å². The van der Waals surface area contributed by atoms with Crippen molar-refractivity contribution in [1.82, 2.24) is 25.3 Å². The van der Waals surface area contributed by atoms with Crippen molar-refractivity contribution in [3.8, 4) is 17.6 Å². The van der Waals surface area contributed by atoms with Gasteiger partial charge in [-0.2, -0.15) is 0 Å². The lowest BCUT2D eigenvalue weighted by molar-refractivity contribution is -0.119. The minimum absolute atomic E-state index is 0.105. The number of ether oxygens (including phenoxy) is 1. The number of imide groups is 1. The fraction of sp³-hybridized carbons (Fsp3) is 0.379. The van der Waals surface area contributed by atoms with E-state index in [2.05, 4.69) is 44.4 Å². The van der Waals surface area contributed by atoms with E-state index in [0.29, 0.717) is 11.4 Å². The van der Waals surface area contributed by atoms with Crippen molar-refractivity contribution in [2.75, 3.05) is 53.4 Å². The molecule has 0 spiro atoms. The zero-order valence-electron chi connectivity index (χ0n) is 22.9. The number of hydrogen-bond donors (Lipinski definition) is 3. The molecule has 5 rings (SSSR count). The molecule has 40 heavy (non-hydrogen) atoms. The van der Waals surface area contributed by atoms with Gasteiger partial charge in [0.1, 0.15) is 5.75 Å². The predicted octanol–water partition coefficient (Wildman–Crippen LogP) is 1.34. The third kappa shape index (κ3) is 6.71. The largest absolute Gasteiger partial charge is 0.497 e. The Hall–Kier alpha value is -4.56. The van der Waals surface area contributed by atoms with Gasteiger partial charge in [-0.1, -0.05) is 23.9 Å². The van der Waals surface area contributed by atoms with E-state index in [1.54, 1.807) is 24.1 Å². The first-order valence-electron chi connectivity index (χ1n) is 13.2. The predicted molar refractivity (Wildman–Crippen MR) is 149 cm³/mol. The molecule has 3 N–H and O–H groups in total. The van der Waals surface area contributed by atoms with Gasteiger partial charge < -0.3 is 30.0 Å². The Morgan fingerprint density at radius 3 is 2.40 bits per heavy atom. The van der Waals surface area contributed by atoms with E-state index >= 15 is 0 Å². The zero-order valence-corrected chi connectivity index (χ0v) is 22.9. The van der Waals surface area contributed by atoms with E-state index in [0.717, 1.165) is 68.1 Å². The smallest absolute Gasteiger partial charge is 0.322 e. The Bertz CT molecular complexity index is 1340. The molecule has 0 saturated carbocycles. The maximum Gasteiger partial charge on any atom is 0.322 e. The van der Waals surface area contributed by atoms with Crippen LogP contribution in [0.4, 0.5) is 4.79 Å². The number of urea groups is 1. The van der Waals surface area contributed by atoms with Crippen LogP contribution in [0.1, 0.15) is 34.0 Å². The third-order valence-corrected chi connectivity index (χ3v) is 7.10. The molecular formula is C29H34N6O5. The summed E-state index contributed by atoms with van der Waals surface area (Å²) in [6, 6.07) is 11.5. The van der Waals surface area contributed by atoms with Gasteiger partial charge in [0.15, 0.2) is 11.9 Å². The summed E-state index contributed by atoms with van der Waals surface area (Å²) >= 11 is 0. The summed E-state index contributed by atoms with van der Waals surface area (Å²) in [6.45, 7) is 7.45. The molecule has 1 atom stereocenters. The van der Waals surface area contributed by atoms with Gasteiger partial charge in [-0.15, -0.1) is 0 Å².